The van der Waals surface area contributed by atoms with Crippen LogP contribution in [0.4, 0.5) is 0 Å². The molecule has 0 aromatic carbocycles. The van der Waals surface area contributed by atoms with E-state index < -0.39 is 11.9 Å². The molecule has 2 aliphatic heterocycles. The van der Waals surface area contributed by atoms with Gasteiger partial charge in [0.1, 0.15) is 12.2 Å². The number of hydrogen-bond acceptors (Lipinski definition) is 6. The summed E-state index contributed by atoms with van der Waals surface area (Å²) >= 11 is 0. The molecule has 25 heavy (non-hydrogen) atoms. The van der Waals surface area contributed by atoms with Crippen LogP contribution in [0.3, 0.4) is 0 Å². The fraction of sp³-hybridized carbons (Fsp3) is 0.789. The van der Waals surface area contributed by atoms with Gasteiger partial charge in [0.2, 0.25) is 0 Å². The second-order valence-corrected chi connectivity index (χ2v) is 6.73. The lowest BCUT2D eigenvalue weighted by Gasteiger charge is -2.27. The van der Waals surface area contributed by atoms with E-state index in [0.29, 0.717) is 6.42 Å². The fourth-order valence-corrected chi connectivity index (χ4v) is 3.30. The van der Waals surface area contributed by atoms with Crippen molar-refractivity contribution in [2.24, 2.45) is 0 Å². The minimum Gasteiger partial charge on any atom is -0.455 e. The highest BCUT2D eigenvalue weighted by atomic mass is 16.6. The molecule has 2 atom stereocenters. The van der Waals surface area contributed by atoms with Crippen LogP contribution in [0.1, 0.15) is 51.9 Å². The van der Waals surface area contributed by atoms with E-state index in [-0.39, 0.29) is 12.2 Å². The van der Waals surface area contributed by atoms with Crippen LogP contribution < -0.4 is 0 Å². The zero-order valence-electron chi connectivity index (χ0n) is 15.3. The van der Waals surface area contributed by atoms with Crippen molar-refractivity contribution in [1.82, 2.24) is 4.90 Å². The van der Waals surface area contributed by atoms with Crippen LogP contribution in [0.2, 0.25) is 0 Å². The van der Waals surface area contributed by atoms with Crippen molar-refractivity contribution >= 4 is 11.9 Å². The predicted octanol–water partition coefficient (Wildman–Crippen LogP) is 2.46. The first kappa shape index (κ1) is 19.9. The van der Waals surface area contributed by atoms with E-state index in [1.54, 1.807) is 0 Å². The Morgan fingerprint density at radius 3 is 2.16 bits per heavy atom. The number of cyclic esters (lactones) is 2. The molecular formula is C19H31NO5. The lowest BCUT2D eigenvalue weighted by molar-refractivity contribution is -0.165. The largest absolute Gasteiger partial charge is 0.455 e. The van der Waals surface area contributed by atoms with Crippen molar-refractivity contribution in [1.29, 1.82) is 0 Å². The lowest BCUT2D eigenvalue weighted by Crippen LogP contribution is -2.36. The normalized spacial score (nSPS) is 26.4. The minimum absolute atomic E-state index is 0.333. The molecule has 0 aromatic heterocycles. The van der Waals surface area contributed by atoms with Gasteiger partial charge in [0.15, 0.2) is 0 Å². The summed E-state index contributed by atoms with van der Waals surface area (Å²) in [6.45, 7) is 6.93. The first-order valence-electron chi connectivity index (χ1n) is 9.58. The number of rotatable bonds is 9. The molecule has 0 bridgehead atoms. The number of carbonyl (C=O) groups excluding carboxylic acids is 2. The van der Waals surface area contributed by atoms with E-state index in [0.717, 1.165) is 77.1 Å². The molecule has 0 amide bonds. The second kappa shape index (κ2) is 11.3. The van der Waals surface area contributed by atoms with Crippen LogP contribution >= 0.6 is 0 Å². The van der Waals surface area contributed by atoms with Gasteiger partial charge in [-0.25, -0.2) is 9.59 Å². The molecule has 2 rings (SSSR count). The van der Waals surface area contributed by atoms with Crippen LogP contribution in [0, 0.1) is 0 Å². The Hall–Kier alpha value is -1.40. The van der Waals surface area contributed by atoms with E-state index >= 15 is 0 Å². The quantitative estimate of drug-likeness (QED) is 0.469. The third-order valence-corrected chi connectivity index (χ3v) is 4.70. The third-order valence-electron chi connectivity index (χ3n) is 4.70. The van der Waals surface area contributed by atoms with Crippen molar-refractivity contribution < 1.29 is 23.8 Å². The number of esters is 2. The van der Waals surface area contributed by atoms with E-state index in [2.05, 4.69) is 4.90 Å². The Labute approximate surface area is 150 Å². The van der Waals surface area contributed by atoms with E-state index in [1.165, 1.54) is 6.42 Å². The molecule has 0 spiro atoms. The summed E-state index contributed by atoms with van der Waals surface area (Å²) in [5.74, 6) is -0.902. The minimum atomic E-state index is -0.453. The Morgan fingerprint density at radius 1 is 0.920 bits per heavy atom. The number of nitrogens with zero attached hydrogens (tertiary/aromatic N) is 1. The van der Waals surface area contributed by atoms with Crippen LogP contribution in [-0.2, 0) is 23.8 Å². The Bertz CT molecular complexity index is 445. The van der Waals surface area contributed by atoms with Gasteiger partial charge in [-0.15, -0.1) is 0 Å². The van der Waals surface area contributed by atoms with Crippen LogP contribution in [0.15, 0.2) is 12.2 Å². The fourth-order valence-electron chi connectivity index (χ4n) is 3.30. The second-order valence-electron chi connectivity index (χ2n) is 6.73. The van der Waals surface area contributed by atoms with Gasteiger partial charge < -0.3 is 14.2 Å². The monoisotopic (exact) mass is 353 g/mol. The van der Waals surface area contributed by atoms with Crippen LogP contribution in [0.5, 0.6) is 0 Å². The first-order valence-corrected chi connectivity index (χ1v) is 9.58. The average molecular weight is 353 g/mol. The summed E-state index contributed by atoms with van der Waals surface area (Å²) in [5, 5.41) is 0. The maximum atomic E-state index is 11.7. The molecule has 2 unspecified atom stereocenters. The highest BCUT2D eigenvalue weighted by Crippen LogP contribution is 2.20. The SMILES string of the molecule is CCCC1OC(=O)/C=C/C(=O)OC1CCCCCCN1CCOCC1. The van der Waals surface area contributed by atoms with Gasteiger partial charge in [-0.1, -0.05) is 26.2 Å². The molecule has 6 heteroatoms. The van der Waals surface area contributed by atoms with Gasteiger partial charge in [0.25, 0.3) is 0 Å². The molecule has 0 aliphatic carbocycles. The topological polar surface area (TPSA) is 65.1 Å². The zero-order valence-corrected chi connectivity index (χ0v) is 15.3. The summed E-state index contributed by atoms with van der Waals surface area (Å²) in [4.78, 5) is 25.8. The molecular weight excluding hydrogens is 322 g/mol. The van der Waals surface area contributed by atoms with Gasteiger partial charge in [0, 0.05) is 25.2 Å². The van der Waals surface area contributed by atoms with Crippen molar-refractivity contribution in [3.63, 3.8) is 0 Å². The number of carbonyl (C=O) groups is 2. The van der Waals surface area contributed by atoms with Crippen LogP contribution in [-0.4, -0.2) is 61.9 Å². The maximum Gasteiger partial charge on any atom is 0.331 e. The van der Waals surface area contributed by atoms with Crippen molar-refractivity contribution in [3.05, 3.63) is 12.2 Å². The summed E-state index contributed by atoms with van der Waals surface area (Å²) in [7, 11) is 0. The Balaban J connectivity index is 1.68. The predicted molar refractivity (Wildman–Crippen MR) is 94.2 cm³/mol. The Morgan fingerprint density at radius 2 is 1.52 bits per heavy atom. The molecule has 2 aliphatic rings. The van der Waals surface area contributed by atoms with E-state index in [9.17, 15) is 9.59 Å². The van der Waals surface area contributed by atoms with Gasteiger partial charge in [-0.2, -0.15) is 0 Å². The molecule has 0 aromatic rings. The van der Waals surface area contributed by atoms with E-state index in [4.69, 9.17) is 14.2 Å². The number of ether oxygens (including phenoxy) is 3. The summed E-state index contributed by atoms with van der Waals surface area (Å²) in [5.41, 5.74) is 0. The molecule has 1 fully saturated rings. The van der Waals surface area contributed by atoms with Crippen molar-refractivity contribution in [2.45, 2.75) is 64.1 Å². The first-order chi connectivity index (χ1) is 12.2. The molecule has 0 saturated carbocycles. The molecule has 142 valence electrons. The standard InChI is InChI=1S/C19H31NO5/c1-2-7-16-17(25-19(22)10-9-18(21)24-16)8-5-3-4-6-11-20-12-14-23-15-13-20/h9-10,16-17H,2-8,11-15H2,1H3/b10-9+. The lowest BCUT2D eigenvalue weighted by atomic mass is 10.0. The van der Waals surface area contributed by atoms with Gasteiger partial charge in [-0.05, 0) is 32.2 Å². The Kier molecular flexibility index (Phi) is 8.97. The van der Waals surface area contributed by atoms with Crippen molar-refractivity contribution in [2.75, 3.05) is 32.8 Å². The highest BCUT2D eigenvalue weighted by Gasteiger charge is 2.28. The zero-order chi connectivity index (χ0) is 17.9. The highest BCUT2D eigenvalue weighted by molar-refractivity contribution is 5.92. The third kappa shape index (κ3) is 7.57. The number of morpholine rings is 1. The molecule has 1 saturated heterocycles. The summed E-state index contributed by atoms with van der Waals surface area (Å²) < 4.78 is 16.3. The van der Waals surface area contributed by atoms with Gasteiger partial charge in [0.05, 0.1) is 13.2 Å². The smallest absolute Gasteiger partial charge is 0.331 e. The molecule has 0 radical (unpaired) electrons. The maximum absolute atomic E-state index is 11.7. The molecule has 0 N–H and O–H groups in total. The summed E-state index contributed by atoms with van der Waals surface area (Å²) in [6.07, 6.45) is 8.40. The van der Waals surface area contributed by atoms with Gasteiger partial charge in [-0.3, -0.25) is 4.90 Å². The van der Waals surface area contributed by atoms with Crippen molar-refractivity contribution in [3.8, 4) is 0 Å². The number of unbranched alkanes of at least 4 members (excludes halogenated alkanes) is 3. The van der Waals surface area contributed by atoms with E-state index in [1.807, 2.05) is 6.92 Å². The summed E-state index contributed by atoms with van der Waals surface area (Å²) in [6, 6.07) is 0. The molecule has 6 nitrogen and oxygen atoms in total. The molecule has 2 heterocycles. The number of hydrogen-bond donors (Lipinski definition) is 0. The van der Waals surface area contributed by atoms with Gasteiger partial charge >= 0.3 is 11.9 Å². The van der Waals surface area contributed by atoms with Crippen LogP contribution in [0.25, 0.3) is 0 Å². The average Bonchev–Trinajstić information content (AvgIpc) is 2.61.